The van der Waals surface area contributed by atoms with Crippen molar-refractivity contribution in [3.8, 4) is 10.9 Å². The van der Waals surface area contributed by atoms with E-state index in [4.69, 9.17) is 4.74 Å². The van der Waals surface area contributed by atoms with Gasteiger partial charge in [0, 0.05) is 0 Å². The number of nitrogens with zero attached hydrogens (tertiary/aromatic N) is 2. The van der Waals surface area contributed by atoms with Crippen molar-refractivity contribution in [3.05, 3.63) is 33.2 Å². The monoisotopic (exact) mass is 312 g/mol. The Kier molecular flexibility index (Phi) is 3.79. The Labute approximate surface area is 113 Å². The Morgan fingerprint density at radius 2 is 2.06 bits per heavy atom. The smallest absolute Gasteiger partial charge is 0.300 e. The fraction of sp³-hybridized carbons (Fsp3) is 0.333. The van der Waals surface area contributed by atoms with E-state index in [1.54, 1.807) is 0 Å². The topological polar surface area (TPSA) is 35.0 Å². The molecule has 0 saturated heterocycles. The molecule has 0 aliphatic heterocycles. The maximum Gasteiger partial charge on any atom is 0.300 e. The maximum atomic E-state index is 5.79. The zero-order valence-corrected chi connectivity index (χ0v) is 12.3. The Bertz CT molecular complexity index is 525. The van der Waals surface area contributed by atoms with Crippen LogP contribution in [0.4, 0.5) is 0 Å². The fourth-order valence-corrected chi connectivity index (χ4v) is 2.47. The fourth-order valence-electron chi connectivity index (χ4n) is 1.54. The van der Waals surface area contributed by atoms with E-state index in [1.165, 1.54) is 22.5 Å². The second kappa shape index (κ2) is 5.14. The zero-order chi connectivity index (χ0) is 12.4. The Hall–Kier alpha value is -0.940. The second-order valence-corrected chi connectivity index (χ2v) is 6.34. The molecule has 0 amide bonds. The lowest BCUT2D eigenvalue weighted by Crippen LogP contribution is -1.94. The van der Waals surface area contributed by atoms with E-state index in [0.717, 1.165) is 9.67 Å². The first-order chi connectivity index (χ1) is 8.06. The molecule has 3 nitrogen and oxygen atoms in total. The van der Waals surface area contributed by atoms with E-state index in [9.17, 15) is 0 Å². The molecule has 1 aromatic heterocycles. The highest BCUT2D eigenvalue weighted by Gasteiger charge is 2.11. The normalized spacial score (nSPS) is 10.9. The summed E-state index contributed by atoms with van der Waals surface area (Å²) in [5, 5.41) is 8.37. The highest BCUT2D eigenvalue weighted by molar-refractivity contribution is 9.11. The number of hydrogen-bond donors (Lipinski definition) is 0. The molecule has 0 N–H and O–H groups in total. The molecule has 17 heavy (non-hydrogen) atoms. The summed E-state index contributed by atoms with van der Waals surface area (Å²) in [5.74, 6) is 1.28. The second-order valence-electron chi connectivity index (χ2n) is 4.12. The van der Waals surface area contributed by atoms with Gasteiger partial charge in [0.25, 0.3) is 5.19 Å². The average molecular weight is 313 g/mol. The first-order valence-corrected chi connectivity index (χ1v) is 6.94. The zero-order valence-electron chi connectivity index (χ0n) is 9.90. The van der Waals surface area contributed by atoms with E-state index in [2.05, 4.69) is 52.1 Å². The van der Waals surface area contributed by atoms with Gasteiger partial charge in [0.05, 0.1) is 0 Å². The van der Waals surface area contributed by atoms with Gasteiger partial charge >= 0.3 is 0 Å². The molecule has 2 rings (SSSR count). The quantitative estimate of drug-likeness (QED) is 0.835. The van der Waals surface area contributed by atoms with E-state index in [0.29, 0.717) is 11.1 Å². The molecule has 0 radical (unpaired) electrons. The third-order valence-electron chi connectivity index (χ3n) is 2.37. The SMILES string of the molecule is Cc1ccc(C(C)C)c(Oc2nnc(Br)s2)c1. The van der Waals surface area contributed by atoms with Crippen molar-refractivity contribution < 1.29 is 4.74 Å². The van der Waals surface area contributed by atoms with Crippen molar-refractivity contribution in [1.82, 2.24) is 10.2 Å². The molecule has 0 unspecified atom stereocenters. The van der Waals surface area contributed by atoms with Crippen LogP contribution in [0.2, 0.25) is 0 Å². The molecule has 1 heterocycles. The van der Waals surface area contributed by atoms with Crippen LogP contribution in [0.25, 0.3) is 0 Å². The van der Waals surface area contributed by atoms with Gasteiger partial charge in [-0.05, 0) is 57.3 Å². The predicted molar refractivity (Wildman–Crippen MR) is 73.0 cm³/mol. The summed E-state index contributed by atoms with van der Waals surface area (Å²) >= 11 is 4.65. The number of ether oxygens (including phenoxy) is 1. The van der Waals surface area contributed by atoms with Crippen LogP contribution >= 0.6 is 27.3 Å². The van der Waals surface area contributed by atoms with Gasteiger partial charge in [-0.2, -0.15) is 0 Å². The predicted octanol–water partition coefficient (Wildman–Crippen LogP) is 4.52. The molecule has 0 spiro atoms. The summed E-state index contributed by atoms with van der Waals surface area (Å²) in [5.41, 5.74) is 2.36. The average Bonchev–Trinajstić information content (AvgIpc) is 2.63. The number of aromatic nitrogens is 2. The van der Waals surface area contributed by atoms with Gasteiger partial charge < -0.3 is 4.74 Å². The number of halogens is 1. The molecular weight excluding hydrogens is 300 g/mol. The van der Waals surface area contributed by atoms with Crippen molar-refractivity contribution in [1.29, 1.82) is 0 Å². The van der Waals surface area contributed by atoms with Gasteiger partial charge in [-0.3, -0.25) is 0 Å². The molecule has 0 saturated carbocycles. The van der Waals surface area contributed by atoms with Gasteiger partial charge in [-0.25, -0.2) is 0 Å². The van der Waals surface area contributed by atoms with Crippen LogP contribution in [0.1, 0.15) is 30.9 Å². The minimum Gasteiger partial charge on any atom is -0.429 e. The Balaban J connectivity index is 2.33. The Morgan fingerprint density at radius 3 is 2.65 bits per heavy atom. The molecule has 1 aromatic carbocycles. The van der Waals surface area contributed by atoms with Crippen LogP contribution in [0.5, 0.6) is 10.9 Å². The number of benzene rings is 1. The third-order valence-corrected chi connectivity index (χ3v) is 3.60. The van der Waals surface area contributed by atoms with Crippen molar-refractivity contribution in [3.63, 3.8) is 0 Å². The minimum atomic E-state index is 0.418. The highest BCUT2D eigenvalue weighted by atomic mass is 79.9. The van der Waals surface area contributed by atoms with E-state index < -0.39 is 0 Å². The van der Waals surface area contributed by atoms with Crippen LogP contribution in [0, 0.1) is 6.92 Å². The van der Waals surface area contributed by atoms with Gasteiger partial charge in [-0.1, -0.05) is 31.1 Å². The maximum absolute atomic E-state index is 5.79. The summed E-state index contributed by atoms with van der Waals surface area (Å²) in [6.45, 7) is 6.34. The third kappa shape index (κ3) is 3.04. The largest absolute Gasteiger partial charge is 0.429 e. The van der Waals surface area contributed by atoms with E-state index in [-0.39, 0.29) is 0 Å². The van der Waals surface area contributed by atoms with E-state index in [1.807, 2.05) is 13.0 Å². The van der Waals surface area contributed by atoms with Crippen LogP contribution in [0.3, 0.4) is 0 Å². The summed E-state index contributed by atoms with van der Waals surface area (Å²) < 4.78 is 6.52. The van der Waals surface area contributed by atoms with Crippen molar-refractivity contribution in [2.75, 3.05) is 0 Å². The lowest BCUT2D eigenvalue weighted by Gasteiger charge is -2.12. The summed E-state index contributed by atoms with van der Waals surface area (Å²) in [7, 11) is 0. The summed E-state index contributed by atoms with van der Waals surface area (Å²) in [4.78, 5) is 0. The minimum absolute atomic E-state index is 0.418. The molecule has 0 atom stereocenters. The van der Waals surface area contributed by atoms with Crippen molar-refractivity contribution in [2.45, 2.75) is 26.7 Å². The lowest BCUT2D eigenvalue weighted by molar-refractivity contribution is 0.464. The Morgan fingerprint density at radius 1 is 1.29 bits per heavy atom. The highest BCUT2D eigenvalue weighted by Crippen LogP contribution is 2.33. The molecule has 90 valence electrons. The van der Waals surface area contributed by atoms with Crippen molar-refractivity contribution in [2.24, 2.45) is 0 Å². The molecule has 0 fully saturated rings. The van der Waals surface area contributed by atoms with Crippen LogP contribution in [-0.2, 0) is 0 Å². The molecule has 2 aromatic rings. The molecule has 0 bridgehead atoms. The first kappa shape index (κ1) is 12.5. The van der Waals surface area contributed by atoms with E-state index >= 15 is 0 Å². The number of hydrogen-bond acceptors (Lipinski definition) is 4. The van der Waals surface area contributed by atoms with Crippen molar-refractivity contribution >= 4 is 27.3 Å². The van der Waals surface area contributed by atoms with Gasteiger partial charge in [0.1, 0.15) is 5.75 Å². The molecular formula is C12H13BrN2OS. The van der Waals surface area contributed by atoms with Crippen LogP contribution in [0.15, 0.2) is 22.1 Å². The summed E-state index contributed by atoms with van der Waals surface area (Å²) in [6, 6.07) is 6.23. The first-order valence-electron chi connectivity index (χ1n) is 5.33. The molecule has 0 aliphatic carbocycles. The lowest BCUT2D eigenvalue weighted by atomic mass is 10.0. The number of aryl methyl sites for hydroxylation is 1. The molecule has 5 heteroatoms. The van der Waals surface area contributed by atoms with Crippen LogP contribution < -0.4 is 4.74 Å². The summed E-state index contributed by atoms with van der Waals surface area (Å²) in [6.07, 6.45) is 0. The molecule has 0 aliphatic rings. The van der Waals surface area contributed by atoms with Crippen LogP contribution in [-0.4, -0.2) is 10.2 Å². The standard InChI is InChI=1S/C12H13BrN2OS/c1-7(2)9-5-4-8(3)6-10(9)16-12-15-14-11(13)17-12/h4-7H,1-3H3. The van der Waals surface area contributed by atoms with Gasteiger partial charge in [0.2, 0.25) is 0 Å². The van der Waals surface area contributed by atoms with Gasteiger partial charge in [0.15, 0.2) is 3.92 Å². The van der Waals surface area contributed by atoms with Gasteiger partial charge in [-0.15, -0.1) is 5.10 Å². The number of rotatable bonds is 3.